The second-order valence-corrected chi connectivity index (χ2v) is 7.81. The van der Waals surface area contributed by atoms with Gasteiger partial charge in [0.05, 0.1) is 13.2 Å². The quantitative estimate of drug-likeness (QED) is 0.294. The van der Waals surface area contributed by atoms with Gasteiger partial charge in [-0.1, -0.05) is 54.1 Å². The fourth-order valence-corrected chi connectivity index (χ4v) is 3.85. The van der Waals surface area contributed by atoms with E-state index in [1.807, 2.05) is 24.3 Å². The molecule has 0 unspecified atom stereocenters. The van der Waals surface area contributed by atoms with Gasteiger partial charge < -0.3 is 15.7 Å². The molecule has 1 fully saturated rings. The maximum atomic E-state index is 9.51. The molecule has 1 aliphatic heterocycles. The highest BCUT2D eigenvalue weighted by Crippen LogP contribution is 2.15. The molecule has 0 aliphatic carbocycles. The summed E-state index contributed by atoms with van der Waals surface area (Å²) in [4.78, 5) is 7.29. The van der Waals surface area contributed by atoms with Gasteiger partial charge in [-0.05, 0) is 43.4 Å². The first-order valence-corrected chi connectivity index (χ1v) is 10.7. The van der Waals surface area contributed by atoms with E-state index in [0.717, 1.165) is 56.1 Å². The standard InChI is InChI=1S/C24H34N4O.HI/c1-3-25-24(26-16-21-9-4-5-10-22(21)18-29)27-23-11-13-28(14-12-23)17-20-8-6-7-19(2)15-20;/h4-10,15,23,29H,3,11-14,16-18H2,1-2H3,(H2,25,26,27);1H. The number of aliphatic hydroxyl groups is 1. The number of halogens is 1. The number of nitrogens with one attached hydrogen (secondary N) is 2. The molecular formula is C24H35IN4O. The number of piperidine rings is 1. The zero-order valence-electron chi connectivity index (χ0n) is 18.1. The van der Waals surface area contributed by atoms with Gasteiger partial charge in [0, 0.05) is 32.2 Å². The highest BCUT2D eigenvalue weighted by Gasteiger charge is 2.20. The Morgan fingerprint density at radius 3 is 2.50 bits per heavy atom. The third-order valence-electron chi connectivity index (χ3n) is 5.46. The molecule has 0 saturated carbocycles. The third kappa shape index (κ3) is 7.56. The number of benzene rings is 2. The predicted octanol–water partition coefficient (Wildman–Crippen LogP) is 3.83. The first kappa shape index (κ1) is 24.6. The highest BCUT2D eigenvalue weighted by molar-refractivity contribution is 14.0. The molecule has 1 heterocycles. The van der Waals surface area contributed by atoms with Crippen molar-refractivity contribution in [1.82, 2.24) is 15.5 Å². The Balaban J connectivity index is 0.00000320. The maximum absolute atomic E-state index is 9.51. The van der Waals surface area contributed by atoms with Crippen LogP contribution in [0.3, 0.4) is 0 Å². The number of aliphatic imine (C=N–C) groups is 1. The van der Waals surface area contributed by atoms with Crippen molar-refractivity contribution in [1.29, 1.82) is 0 Å². The molecule has 5 nitrogen and oxygen atoms in total. The van der Waals surface area contributed by atoms with E-state index >= 15 is 0 Å². The second kappa shape index (κ2) is 12.9. The average Bonchev–Trinajstić information content (AvgIpc) is 2.74. The first-order chi connectivity index (χ1) is 14.2. The van der Waals surface area contributed by atoms with E-state index in [4.69, 9.17) is 4.99 Å². The molecule has 1 aliphatic rings. The van der Waals surface area contributed by atoms with E-state index < -0.39 is 0 Å². The van der Waals surface area contributed by atoms with Crippen molar-refractivity contribution >= 4 is 29.9 Å². The van der Waals surface area contributed by atoms with Gasteiger partial charge in [-0.25, -0.2) is 4.99 Å². The van der Waals surface area contributed by atoms with Gasteiger partial charge in [0.15, 0.2) is 5.96 Å². The lowest BCUT2D eigenvalue weighted by atomic mass is 10.0. The summed E-state index contributed by atoms with van der Waals surface area (Å²) in [7, 11) is 0. The number of hydrogen-bond acceptors (Lipinski definition) is 3. The smallest absolute Gasteiger partial charge is 0.191 e. The van der Waals surface area contributed by atoms with Gasteiger partial charge in [0.1, 0.15) is 0 Å². The second-order valence-electron chi connectivity index (χ2n) is 7.81. The Labute approximate surface area is 198 Å². The minimum atomic E-state index is 0. The van der Waals surface area contributed by atoms with Crippen LogP contribution in [0.1, 0.15) is 42.0 Å². The Morgan fingerprint density at radius 2 is 1.83 bits per heavy atom. The SMILES string of the molecule is CCNC(=NCc1ccccc1CO)NC1CCN(Cc2cccc(C)c2)CC1.I. The molecule has 30 heavy (non-hydrogen) atoms. The van der Waals surface area contributed by atoms with E-state index in [0.29, 0.717) is 12.6 Å². The number of hydrogen-bond donors (Lipinski definition) is 3. The van der Waals surface area contributed by atoms with Crippen LogP contribution in [0.4, 0.5) is 0 Å². The summed E-state index contributed by atoms with van der Waals surface area (Å²) < 4.78 is 0. The molecule has 0 amide bonds. The molecule has 3 rings (SSSR count). The first-order valence-electron chi connectivity index (χ1n) is 10.7. The number of rotatable bonds is 7. The molecule has 0 spiro atoms. The van der Waals surface area contributed by atoms with Gasteiger partial charge >= 0.3 is 0 Å². The van der Waals surface area contributed by atoms with Crippen LogP contribution in [-0.4, -0.2) is 41.6 Å². The van der Waals surface area contributed by atoms with Crippen molar-refractivity contribution in [3.63, 3.8) is 0 Å². The lowest BCUT2D eigenvalue weighted by Crippen LogP contribution is -2.48. The Kier molecular flexibility index (Phi) is 10.6. The molecule has 0 radical (unpaired) electrons. The zero-order chi connectivity index (χ0) is 20.5. The van der Waals surface area contributed by atoms with Gasteiger partial charge in [0.25, 0.3) is 0 Å². The monoisotopic (exact) mass is 522 g/mol. The van der Waals surface area contributed by atoms with Gasteiger partial charge in [-0.2, -0.15) is 0 Å². The summed E-state index contributed by atoms with van der Waals surface area (Å²) in [6, 6.07) is 17.2. The van der Waals surface area contributed by atoms with Crippen molar-refractivity contribution in [2.45, 2.75) is 52.4 Å². The third-order valence-corrected chi connectivity index (χ3v) is 5.46. The maximum Gasteiger partial charge on any atom is 0.191 e. The van der Waals surface area contributed by atoms with Gasteiger partial charge in [0.2, 0.25) is 0 Å². The number of nitrogens with zero attached hydrogens (tertiary/aromatic N) is 2. The highest BCUT2D eigenvalue weighted by atomic mass is 127. The molecule has 164 valence electrons. The minimum Gasteiger partial charge on any atom is -0.392 e. The van der Waals surface area contributed by atoms with Crippen LogP contribution < -0.4 is 10.6 Å². The van der Waals surface area contributed by atoms with Crippen LogP contribution >= 0.6 is 24.0 Å². The van der Waals surface area contributed by atoms with E-state index in [1.165, 1.54) is 11.1 Å². The van der Waals surface area contributed by atoms with Crippen LogP contribution in [-0.2, 0) is 19.7 Å². The normalized spacial score (nSPS) is 15.5. The molecule has 1 saturated heterocycles. The molecule has 6 heteroatoms. The van der Waals surface area contributed by atoms with Crippen molar-refractivity contribution in [2.24, 2.45) is 4.99 Å². The topological polar surface area (TPSA) is 59.9 Å². The molecule has 2 aromatic carbocycles. The molecule has 2 aromatic rings. The Hall–Kier alpha value is -1.64. The number of aryl methyl sites for hydroxylation is 1. The summed E-state index contributed by atoms with van der Waals surface area (Å²) >= 11 is 0. The number of guanidine groups is 1. The molecule has 0 aromatic heterocycles. The number of aliphatic hydroxyl groups excluding tert-OH is 1. The predicted molar refractivity (Wildman–Crippen MR) is 135 cm³/mol. The fourth-order valence-electron chi connectivity index (χ4n) is 3.85. The van der Waals surface area contributed by atoms with Crippen LogP contribution in [0, 0.1) is 6.92 Å². The summed E-state index contributed by atoms with van der Waals surface area (Å²) in [5, 5.41) is 16.5. The van der Waals surface area contributed by atoms with Crippen LogP contribution in [0.15, 0.2) is 53.5 Å². The fraction of sp³-hybridized carbons (Fsp3) is 0.458. The Morgan fingerprint density at radius 1 is 1.10 bits per heavy atom. The summed E-state index contributed by atoms with van der Waals surface area (Å²) in [6.07, 6.45) is 2.23. The van der Waals surface area contributed by atoms with Crippen molar-refractivity contribution in [3.05, 3.63) is 70.8 Å². The number of likely N-dealkylation sites (tertiary alicyclic amines) is 1. The van der Waals surface area contributed by atoms with E-state index in [-0.39, 0.29) is 30.6 Å². The molecule has 0 bridgehead atoms. The Bertz CT molecular complexity index is 803. The van der Waals surface area contributed by atoms with E-state index in [1.54, 1.807) is 0 Å². The molecule has 0 atom stereocenters. The van der Waals surface area contributed by atoms with E-state index in [9.17, 15) is 5.11 Å². The van der Waals surface area contributed by atoms with E-state index in [2.05, 4.69) is 53.6 Å². The van der Waals surface area contributed by atoms with Gasteiger partial charge in [-0.3, -0.25) is 4.90 Å². The lowest BCUT2D eigenvalue weighted by molar-refractivity contribution is 0.198. The van der Waals surface area contributed by atoms with Gasteiger partial charge in [-0.15, -0.1) is 24.0 Å². The average molecular weight is 522 g/mol. The summed E-state index contributed by atoms with van der Waals surface area (Å²) in [6.45, 7) is 8.91. The lowest BCUT2D eigenvalue weighted by Gasteiger charge is -2.33. The van der Waals surface area contributed by atoms with Crippen LogP contribution in [0.5, 0.6) is 0 Å². The van der Waals surface area contributed by atoms with Crippen LogP contribution in [0.25, 0.3) is 0 Å². The largest absolute Gasteiger partial charge is 0.392 e. The molecular weight excluding hydrogens is 487 g/mol. The summed E-state index contributed by atoms with van der Waals surface area (Å²) in [5.41, 5.74) is 4.74. The van der Waals surface area contributed by atoms with Crippen molar-refractivity contribution < 1.29 is 5.11 Å². The molecule has 3 N–H and O–H groups in total. The minimum absolute atomic E-state index is 0. The van der Waals surface area contributed by atoms with Crippen molar-refractivity contribution in [2.75, 3.05) is 19.6 Å². The van der Waals surface area contributed by atoms with Crippen LogP contribution in [0.2, 0.25) is 0 Å². The van der Waals surface area contributed by atoms with Crippen molar-refractivity contribution in [3.8, 4) is 0 Å². The summed E-state index contributed by atoms with van der Waals surface area (Å²) in [5.74, 6) is 0.859. The zero-order valence-corrected chi connectivity index (χ0v) is 20.4.